The van der Waals surface area contributed by atoms with Crippen LogP contribution in [0.2, 0.25) is 0 Å². The summed E-state index contributed by atoms with van der Waals surface area (Å²) in [5.74, 6) is 1.20. The van der Waals surface area contributed by atoms with Crippen molar-refractivity contribution in [3.05, 3.63) is 48.0 Å². The molecule has 0 aliphatic carbocycles. The van der Waals surface area contributed by atoms with E-state index in [-0.39, 0.29) is 11.7 Å². The Balaban J connectivity index is 1.66. The van der Waals surface area contributed by atoms with Crippen molar-refractivity contribution >= 4 is 5.91 Å². The number of carbonyl (C=O) groups excluding carboxylic acids is 1. The zero-order chi connectivity index (χ0) is 16.2. The van der Waals surface area contributed by atoms with Crippen LogP contribution in [0.4, 0.5) is 4.39 Å². The molecule has 1 aromatic heterocycles. The van der Waals surface area contributed by atoms with Crippen molar-refractivity contribution in [2.45, 2.75) is 12.8 Å². The Kier molecular flexibility index (Phi) is 4.76. The number of hydrogen-bond donors (Lipinski definition) is 1. The average molecular weight is 316 g/mol. The predicted molar refractivity (Wildman–Crippen MR) is 86.7 cm³/mol. The smallest absolute Gasteiger partial charge is 0.289 e. The molecule has 0 bridgehead atoms. The van der Waals surface area contributed by atoms with Gasteiger partial charge in [-0.3, -0.25) is 4.79 Å². The largest absolute Gasteiger partial charge is 0.451 e. The molecule has 1 amide bonds. The minimum Gasteiger partial charge on any atom is -0.451 e. The Morgan fingerprint density at radius 1 is 1.22 bits per heavy atom. The molecule has 3 rings (SSSR count). The minimum absolute atomic E-state index is 0.0683. The van der Waals surface area contributed by atoms with Gasteiger partial charge in [0.05, 0.1) is 0 Å². The molecule has 5 heteroatoms. The fraction of sp³-hybridized carbons (Fsp3) is 0.389. The Bertz CT molecular complexity index is 658. The van der Waals surface area contributed by atoms with E-state index in [1.807, 2.05) is 11.9 Å². The predicted octanol–water partition coefficient (Wildman–Crippen LogP) is 3.16. The Hall–Kier alpha value is -2.14. The van der Waals surface area contributed by atoms with Crippen molar-refractivity contribution in [3.63, 3.8) is 0 Å². The third kappa shape index (κ3) is 3.62. The van der Waals surface area contributed by atoms with E-state index in [0.717, 1.165) is 38.0 Å². The van der Waals surface area contributed by atoms with Gasteiger partial charge in [-0.2, -0.15) is 0 Å². The van der Waals surface area contributed by atoms with Crippen LogP contribution >= 0.6 is 0 Å². The Labute approximate surface area is 135 Å². The van der Waals surface area contributed by atoms with Crippen LogP contribution in [-0.4, -0.2) is 37.5 Å². The summed E-state index contributed by atoms with van der Waals surface area (Å²) in [5.41, 5.74) is 0.762. The number of carbonyl (C=O) groups is 1. The molecule has 1 aliphatic heterocycles. The highest BCUT2D eigenvalue weighted by Crippen LogP contribution is 2.24. The summed E-state index contributed by atoms with van der Waals surface area (Å²) in [7, 11) is 1.96. The molecule has 1 fully saturated rings. The van der Waals surface area contributed by atoms with Gasteiger partial charge in [0.1, 0.15) is 11.6 Å². The molecule has 1 aromatic carbocycles. The first-order valence-electron chi connectivity index (χ1n) is 7.97. The number of rotatable bonds is 4. The number of benzene rings is 1. The van der Waals surface area contributed by atoms with Crippen LogP contribution in [0.15, 0.2) is 40.8 Å². The Morgan fingerprint density at radius 3 is 2.57 bits per heavy atom. The summed E-state index contributed by atoms with van der Waals surface area (Å²) < 4.78 is 18.6. The summed E-state index contributed by atoms with van der Waals surface area (Å²) >= 11 is 0. The van der Waals surface area contributed by atoms with Crippen molar-refractivity contribution in [2.75, 3.05) is 26.7 Å². The molecule has 23 heavy (non-hydrogen) atoms. The first kappa shape index (κ1) is 15.7. The zero-order valence-electron chi connectivity index (χ0n) is 13.2. The molecule has 1 aliphatic rings. The van der Waals surface area contributed by atoms with E-state index in [1.54, 1.807) is 24.3 Å². The van der Waals surface area contributed by atoms with Crippen molar-refractivity contribution in [1.29, 1.82) is 0 Å². The number of likely N-dealkylation sites (tertiary alicyclic amines) is 1. The summed E-state index contributed by atoms with van der Waals surface area (Å²) in [6, 6.07) is 9.50. The van der Waals surface area contributed by atoms with Gasteiger partial charge in [0.25, 0.3) is 5.91 Å². The molecule has 0 saturated carbocycles. The fourth-order valence-corrected chi connectivity index (χ4v) is 3.01. The monoisotopic (exact) mass is 316 g/mol. The van der Waals surface area contributed by atoms with E-state index < -0.39 is 0 Å². The SMILES string of the molecule is CNCC1CCN(C(=O)c2ccc(-c3ccc(F)cc3)o2)CC1. The zero-order valence-corrected chi connectivity index (χ0v) is 13.2. The second-order valence-electron chi connectivity index (χ2n) is 5.96. The molecule has 2 heterocycles. The van der Waals surface area contributed by atoms with Crippen LogP contribution < -0.4 is 5.32 Å². The fourth-order valence-electron chi connectivity index (χ4n) is 3.01. The van der Waals surface area contributed by atoms with Crippen LogP contribution in [0.1, 0.15) is 23.4 Å². The van der Waals surface area contributed by atoms with Crippen LogP contribution in [0, 0.1) is 11.7 Å². The first-order valence-corrected chi connectivity index (χ1v) is 7.97. The topological polar surface area (TPSA) is 45.5 Å². The number of amides is 1. The minimum atomic E-state index is -0.291. The number of nitrogens with zero attached hydrogens (tertiary/aromatic N) is 1. The molecule has 0 radical (unpaired) electrons. The normalized spacial score (nSPS) is 15.8. The molecule has 4 nitrogen and oxygen atoms in total. The van der Waals surface area contributed by atoms with Gasteiger partial charge in [0, 0.05) is 18.7 Å². The highest BCUT2D eigenvalue weighted by Gasteiger charge is 2.25. The second kappa shape index (κ2) is 6.96. The molecular formula is C18H21FN2O2. The van der Waals surface area contributed by atoms with E-state index in [2.05, 4.69) is 5.32 Å². The van der Waals surface area contributed by atoms with Gasteiger partial charge in [-0.25, -0.2) is 4.39 Å². The van der Waals surface area contributed by atoms with Gasteiger partial charge in [-0.1, -0.05) is 0 Å². The van der Waals surface area contributed by atoms with Gasteiger partial charge in [0.15, 0.2) is 5.76 Å². The molecule has 1 N–H and O–H groups in total. The lowest BCUT2D eigenvalue weighted by Crippen LogP contribution is -2.40. The third-order valence-corrected chi connectivity index (χ3v) is 4.34. The van der Waals surface area contributed by atoms with Gasteiger partial charge in [-0.15, -0.1) is 0 Å². The number of nitrogens with one attached hydrogen (secondary N) is 1. The summed E-state index contributed by atoms with van der Waals surface area (Å²) in [6.45, 7) is 2.52. The molecule has 1 saturated heterocycles. The summed E-state index contributed by atoms with van der Waals surface area (Å²) in [6.07, 6.45) is 2.02. The first-order chi connectivity index (χ1) is 11.2. The van der Waals surface area contributed by atoms with E-state index in [0.29, 0.717) is 17.4 Å². The van der Waals surface area contributed by atoms with Crippen molar-refractivity contribution in [2.24, 2.45) is 5.92 Å². The lowest BCUT2D eigenvalue weighted by molar-refractivity contribution is 0.0660. The molecule has 0 atom stereocenters. The van der Waals surface area contributed by atoms with Gasteiger partial charge in [-0.05, 0) is 68.8 Å². The molecule has 122 valence electrons. The van der Waals surface area contributed by atoms with Gasteiger partial charge >= 0.3 is 0 Å². The Morgan fingerprint density at radius 2 is 1.91 bits per heavy atom. The molecule has 2 aromatic rings. The van der Waals surface area contributed by atoms with E-state index in [9.17, 15) is 9.18 Å². The quantitative estimate of drug-likeness (QED) is 0.942. The standard InChI is InChI=1S/C18H21FN2O2/c1-20-12-13-8-10-21(11-9-13)18(22)17-7-6-16(23-17)14-2-4-15(19)5-3-14/h2-7,13,20H,8-12H2,1H3. The second-order valence-corrected chi connectivity index (χ2v) is 5.96. The van der Waals surface area contributed by atoms with Gasteiger partial charge < -0.3 is 14.6 Å². The number of piperidine rings is 1. The van der Waals surface area contributed by atoms with Crippen molar-refractivity contribution in [1.82, 2.24) is 10.2 Å². The highest BCUT2D eigenvalue weighted by atomic mass is 19.1. The lowest BCUT2D eigenvalue weighted by atomic mass is 9.97. The number of hydrogen-bond acceptors (Lipinski definition) is 3. The van der Waals surface area contributed by atoms with Crippen LogP contribution in [0.3, 0.4) is 0 Å². The third-order valence-electron chi connectivity index (χ3n) is 4.34. The average Bonchev–Trinajstić information content (AvgIpc) is 3.06. The summed E-state index contributed by atoms with van der Waals surface area (Å²) in [5, 5.41) is 3.19. The molecule has 0 unspecified atom stereocenters. The summed E-state index contributed by atoms with van der Waals surface area (Å²) in [4.78, 5) is 14.4. The maximum absolute atomic E-state index is 13.0. The van der Waals surface area contributed by atoms with Crippen molar-refractivity contribution in [3.8, 4) is 11.3 Å². The number of halogens is 1. The maximum atomic E-state index is 13.0. The lowest BCUT2D eigenvalue weighted by Gasteiger charge is -2.31. The van der Waals surface area contributed by atoms with E-state index in [4.69, 9.17) is 4.42 Å². The van der Waals surface area contributed by atoms with Crippen LogP contribution in [0.25, 0.3) is 11.3 Å². The highest BCUT2D eigenvalue weighted by molar-refractivity contribution is 5.92. The van der Waals surface area contributed by atoms with E-state index in [1.165, 1.54) is 12.1 Å². The maximum Gasteiger partial charge on any atom is 0.289 e. The van der Waals surface area contributed by atoms with Crippen molar-refractivity contribution < 1.29 is 13.6 Å². The van der Waals surface area contributed by atoms with Crippen LogP contribution in [0.5, 0.6) is 0 Å². The van der Waals surface area contributed by atoms with Crippen LogP contribution in [-0.2, 0) is 0 Å². The molecule has 0 spiro atoms. The van der Waals surface area contributed by atoms with Gasteiger partial charge in [0.2, 0.25) is 0 Å². The molecular weight excluding hydrogens is 295 g/mol. The number of furan rings is 1. The van der Waals surface area contributed by atoms with E-state index >= 15 is 0 Å².